The number of nitrogens with one attached hydrogen (secondary N) is 2. The number of nitrogens with zero attached hydrogens (tertiary/aromatic N) is 2. The first-order chi connectivity index (χ1) is 18.0. The molecule has 2 aliphatic rings. The summed E-state index contributed by atoms with van der Waals surface area (Å²) in [6.07, 6.45) is 1.45. The Labute approximate surface area is 215 Å². The molecule has 7 nitrogen and oxygen atoms in total. The summed E-state index contributed by atoms with van der Waals surface area (Å²) in [6, 6.07) is 24.6. The van der Waals surface area contributed by atoms with E-state index >= 15 is 0 Å². The van der Waals surface area contributed by atoms with E-state index in [0.29, 0.717) is 25.4 Å². The Morgan fingerprint density at radius 2 is 1.51 bits per heavy atom. The molecule has 3 aromatic carbocycles. The lowest BCUT2D eigenvalue weighted by Crippen LogP contribution is -2.46. The van der Waals surface area contributed by atoms with Gasteiger partial charge >= 0.3 is 0 Å². The Hall–Kier alpha value is -4.20. The molecule has 8 heteroatoms. The normalized spacial score (nSPS) is 17.5. The minimum atomic E-state index is -1.14. The second-order valence-corrected chi connectivity index (χ2v) is 9.44. The number of carbonyl (C=O) groups is 2. The molecule has 0 atom stereocenters. The summed E-state index contributed by atoms with van der Waals surface area (Å²) < 4.78 is 18.5. The van der Waals surface area contributed by atoms with Crippen LogP contribution in [0.2, 0.25) is 0 Å². The Bertz CT molecular complexity index is 1220. The lowest BCUT2D eigenvalue weighted by molar-refractivity contribution is -0.135. The number of rotatable bonds is 7. The number of halogens is 1. The SMILES string of the molecule is N=C1NC(c2ccccc2)(c2ccccc2)C(=O)N1CC1CCN(C(=O)COc2ccc(F)cc2)CC1. The standard InChI is InChI=1S/C29H29FN4O3/c30-24-11-13-25(14-12-24)37-20-26(35)33-17-15-21(16-18-33)19-34-27(36)29(32-28(34)31,22-7-3-1-4-8-22)23-9-5-2-6-10-23/h1-14,21H,15-20H2,(H2,31,32). The summed E-state index contributed by atoms with van der Waals surface area (Å²) in [5.41, 5.74) is 0.438. The van der Waals surface area contributed by atoms with E-state index in [1.807, 2.05) is 60.7 Å². The second kappa shape index (κ2) is 10.4. The maximum atomic E-state index is 13.9. The average molecular weight is 501 g/mol. The highest BCUT2D eigenvalue weighted by molar-refractivity contribution is 6.10. The van der Waals surface area contributed by atoms with Crippen molar-refractivity contribution in [3.63, 3.8) is 0 Å². The van der Waals surface area contributed by atoms with Crippen LogP contribution in [0.3, 0.4) is 0 Å². The van der Waals surface area contributed by atoms with Gasteiger partial charge in [0.15, 0.2) is 18.1 Å². The highest BCUT2D eigenvalue weighted by Crippen LogP contribution is 2.36. The van der Waals surface area contributed by atoms with E-state index < -0.39 is 5.54 Å². The number of hydrogen-bond acceptors (Lipinski definition) is 4. The zero-order chi connectivity index (χ0) is 25.8. The van der Waals surface area contributed by atoms with Crippen LogP contribution in [-0.4, -0.2) is 53.8 Å². The van der Waals surface area contributed by atoms with Gasteiger partial charge in [0.1, 0.15) is 11.6 Å². The lowest BCUT2D eigenvalue weighted by Gasteiger charge is -2.34. The molecular weight excluding hydrogens is 471 g/mol. The van der Waals surface area contributed by atoms with Crippen LogP contribution >= 0.6 is 0 Å². The first kappa shape index (κ1) is 24.5. The van der Waals surface area contributed by atoms with E-state index in [2.05, 4.69) is 5.32 Å². The van der Waals surface area contributed by atoms with E-state index in [0.717, 1.165) is 24.0 Å². The Morgan fingerprint density at radius 3 is 2.08 bits per heavy atom. The molecule has 3 aromatic rings. The van der Waals surface area contributed by atoms with Crippen LogP contribution in [0, 0.1) is 17.1 Å². The zero-order valence-corrected chi connectivity index (χ0v) is 20.4. The second-order valence-electron chi connectivity index (χ2n) is 9.44. The maximum absolute atomic E-state index is 13.9. The molecule has 0 aliphatic carbocycles. The van der Waals surface area contributed by atoms with Crippen LogP contribution in [0.15, 0.2) is 84.9 Å². The van der Waals surface area contributed by atoms with Crippen LogP contribution in [0.4, 0.5) is 4.39 Å². The van der Waals surface area contributed by atoms with Crippen molar-refractivity contribution in [1.82, 2.24) is 15.1 Å². The molecule has 190 valence electrons. The quantitative estimate of drug-likeness (QED) is 0.518. The summed E-state index contributed by atoms with van der Waals surface area (Å²) in [4.78, 5) is 29.9. The third-order valence-electron chi connectivity index (χ3n) is 7.14. The molecule has 5 rings (SSSR count). The van der Waals surface area contributed by atoms with Gasteiger partial charge in [0.25, 0.3) is 11.8 Å². The highest BCUT2D eigenvalue weighted by atomic mass is 19.1. The fourth-order valence-corrected chi connectivity index (χ4v) is 5.10. The fraction of sp³-hybridized carbons (Fsp3) is 0.276. The van der Waals surface area contributed by atoms with E-state index in [1.54, 1.807) is 9.80 Å². The van der Waals surface area contributed by atoms with E-state index in [-0.39, 0.29) is 36.1 Å². The summed E-state index contributed by atoms with van der Waals surface area (Å²) in [5.74, 6) is 0.0518. The predicted octanol–water partition coefficient (Wildman–Crippen LogP) is 3.75. The van der Waals surface area contributed by atoms with Crippen molar-refractivity contribution in [1.29, 1.82) is 5.41 Å². The van der Waals surface area contributed by atoms with Crippen LogP contribution in [0.25, 0.3) is 0 Å². The van der Waals surface area contributed by atoms with Crippen LogP contribution in [-0.2, 0) is 15.1 Å². The van der Waals surface area contributed by atoms with Gasteiger partial charge in [-0.3, -0.25) is 19.9 Å². The number of benzene rings is 3. The first-order valence-electron chi connectivity index (χ1n) is 12.4. The Kier molecular flexibility index (Phi) is 6.90. The molecule has 2 heterocycles. The number of amides is 2. The lowest BCUT2D eigenvalue weighted by atomic mass is 9.82. The third-order valence-corrected chi connectivity index (χ3v) is 7.14. The molecule has 2 saturated heterocycles. The molecule has 0 unspecified atom stereocenters. The molecular formula is C29H29FN4O3. The summed E-state index contributed by atoms with van der Waals surface area (Å²) >= 11 is 0. The number of hydrogen-bond donors (Lipinski definition) is 2. The Morgan fingerprint density at radius 1 is 0.946 bits per heavy atom. The molecule has 0 saturated carbocycles. The van der Waals surface area contributed by atoms with Gasteiger partial charge in [0.05, 0.1) is 0 Å². The topological polar surface area (TPSA) is 85.7 Å². The molecule has 2 aliphatic heterocycles. The maximum Gasteiger partial charge on any atom is 0.264 e. The van der Waals surface area contributed by atoms with Gasteiger partial charge in [-0.25, -0.2) is 4.39 Å². The van der Waals surface area contributed by atoms with Gasteiger partial charge < -0.3 is 15.0 Å². The predicted molar refractivity (Wildman–Crippen MR) is 137 cm³/mol. The fourth-order valence-electron chi connectivity index (χ4n) is 5.10. The molecule has 0 aromatic heterocycles. The van der Waals surface area contributed by atoms with Gasteiger partial charge in [0, 0.05) is 19.6 Å². The number of ether oxygens (including phenoxy) is 1. The van der Waals surface area contributed by atoms with Crippen molar-refractivity contribution in [3.05, 3.63) is 102 Å². The van der Waals surface area contributed by atoms with Crippen molar-refractivity contribution in [2.24, 2.45) is 5.92 Å². The van der Waals surface area contributed by atoms with E-state index in [9.17, 15) is 14.0 Å². The molecule has 2 fully saturated rings. The van der Waals surface area contributed by atoms with E-state index in [1.165, 1.54) is 24.3 Å². The summed E-state index contributed by atoms with van der Waals surface area (Å²) in [6.45, 7) is 1.43. The zero-order valence-electron chi connectivity index (χ0n) is 20.4. The largest absolute Gasteiger partial charge is 0.484 e. The van der Waals surface area contributed by atoms with Gasteiger partial charge in [-0.2, -0.15) is 0 Å². The molecule has 37 heavy (non-hydrogen) atoms. The smallest absolute Gasteiger partial charge is 0.264 e. The number of likely N-dealkylation sites (tertiary alicyclic amines) is 1. The van der Waals surface area contributed by atoms with E-state index in [4.69, 9.17) is 10.1 Å². The Balaban J connectivity index is 1.22. The van der Waals surface area contributed by atoms with Crippen molar-refractivity contribution < 1.29 is 18.7 Å². The summed E-state index contributed by atoms with van der Waals surface area (Å²) in [7, 11) is 0. The monoisotopic (exact) mass is 500 g/mol. The highest BCUT2D eigenvalue weighted by Gasteiger charge is 2.52. The minimum Gasteiger partial charge on any atom is -0.484 e. The molecule has 0 radical (unpaired) electrons. The van der Waals surface area contributed by atoms with Crippen LogP contribution < -0.4 is 10.1 Å². The molecule has 0 spiro atoms. The molecule has 2 N–H and O–H groups in total. The van der Waals surface area contributed by atoms with Crippen molar-refractivity contribution >= 4 is 17.8 Å². The van der Waals surface area contributed by atoms with Crippen molar-refractivity contribution in [2.75, 3.05) is 26.2 Å². The minimum absolute atomic E-state index is 0.0870. The van der Waals surface area contributed by atoms with Crippen LogP contribution in [0.1, 0.15) is 24.0 Å². The molecule has 2 amide bonds. The van der Waals surface area contributed by atoms with Gasteiger partial charge in [0.2, 0.25) is 0 Å². The van der Waals surface area contributed by atoms with Crippen LogP contribution in [0.5, 0.6) is 5.75 Å². The molecule has 0 bridgehead atoms. The number of guanidine groups is 1. The van der Waals surface area contributed by atoms with Gasteiger partial charge in [-0.05, 0) is 54.2 Å². The first-order valence-corrected chi connectivity index (χ1v) is 12.4. The average Bonchev–Trinajstić information content (AvgIpc) is 3.19. The number of carbonyl (C=O) groups excluding carboxylic acids is 2. The third kappa shape index (κ3) is 4.91. The number of piperidine rings is 1. The van der Waals surface area contributed by atoms with Gasteiger partial charge in [-0.1, -0.05) is 60.7 Å². The van der Waals surface area contributed by atoms with Gasteiger partial charge in [-0.15, -0.1) is 0 Å². The van der Waals surface area contributed by atoms with Crippen molar-refractivity contribution in [3.8, 4) is 5.75 Å². The summed E-state index contributed by atoms with van der Waals surface area (Å²) in [5, 5.41) is 11.9. The van der Waals surface area contributed by atoms with Crippen molar-refractivity contribution in [2.45, 2.75) is 18.4 Å².